The molecule has 7 heteroatoms. The van der Waals surface area contributed by atoms with Crippen LogP contribution in [0.5, 0.6) is 0 Å². The van der Waals surface area contributed by atoms with E-state index in [1.54, 1.807) is 22.9 Å². The van der Waals surface area contributed by atoms with Crippen molar-refractivity contribution in [3.05, 3.63) is 46.8 Å². The molecule has 4 heterocycles. The van der Waals surface area contributed by atoms with Crippen LogP contribution >= 0.6 is 0 Å². The van der Waals surface area contributed by atoms with E-state index in [4.69, 9.17) is 0 Å². The summed E-state index contributed by atoms with van der Waals surface area (Å²) in [5.74, 6) is 0.288. The minimum absolute atomic E-state index is 0.234. The molecule has 0 saturated heterocycles. The van der Waals surface area contributed by atoms with Gasteiger partial charge >= 0.3 is 5.69 Å². The first-order chi connectivity index (χ1) is 9.34. The van der Waals surface area contributed by atoms with Crippen LogP contribution in [0.15, 0.2) is 35.4 Å². The fourth-order valence-corrected chi connectivity index (χ4v) is 2.37. The number of aromatic nitrogens is 5. The third-order valence-electron chi connectivity index (χ3n) is 3.20. The molecular formula is C12H10N6O. The molecule has 0 spiro atoms. The molecule has 94 valence electrons. The average molecular weight is 254 g/mol. The Morgan fingerprint density at radius 2 is 2.05 bits per heavy atom. The van der Waals surface area contributed by atoms with E-state index in [1.165, 1.54) is 4.68 Å². The lowest BCUT2D eigenvalue weighted by molar-refractivity contribution is 0.771. The largest absolute Gasteiger partial charge is 0.383 e. The van der Waals surface area contributed by atoms with Crippen LogP contribution in [-0.4, -0.2) is 30.7 Å². The highest BCUT2D eigenvalue weighted by atomic mass is 16.2. The van der Waals surface area contributed by atoms with Crippen LogP contribution in [0.3, 0.4) is 0 Å². The lowest BCUT2D eigenvalue weighted by Crippen LogP contribution is -2.22. The second-order valence-corrected chi connectivity index (χ2v) is 4.31. The molecular weight excluding hydrogens is 244 g/mol. The Morgan fingerprint density at radius 3 is 2.89 bits per heavy atom. The SMILES string of the molecule is O=c1n(-c2ncccn2)nc2ccc3c(n12)CCN3. The number of pyridine rings is 1. The van der Waals surface area contributed by atoms with Gasteiger partial charge in [0.05, 0.1) is 11.4 Å². The van der Waals surface area contributed by atoms with E-state index in [-0.39, 0.29) is 11.6 Å². The van der Waals surface area contributed by atoms with Crippen molar-refractivity contribution in [3.8, 4) is 5.95 Å². The molecule has 0 aromatic carbocycles. The third kappa shape index (κ3) is 1.38. The van der Waals surface area contributed by atoms with Gasteiger partial charge in [-0.1, -0.05) is 0 Å². The van der Waals surface area contributed by atoms with Crippen LogP contribution in [0.25, 0.3) is 11.6 Å². The van der Waals surface area contributed by atoms with E-state index in [2.05, 4.69) is 20.4 Å². The fourth-order valence-electron chi connectivity index (χ4n) is 2.37. The number of hydrogen-bond acceptors (Lipinski definition) is 5. The summed E-state index contributed by atoms with van der Waals surface area (Å²) in [5.41, 5.74) is 2.33. The molecule has 0 radical (unpaired) electrons. The zero-order valence-electron chi connectivity index (χ0n) is 9.95. The molecule has 1 N–H and O–H groups in total. The maximum Gasteiger partial charge on any atom is 0.358 e. The molecule has 7 nitrogen and oxygen atoms in total. The summed E-state index contributed by atoms with van der Waals surface area (Å²) in [6, 6.07) is 5.46. The van der Waals surface area contributed by atoms with Gasteiger partial charge in [0.1, 0.15) is 0 Å². The summed E-state index contributed by atoms with van der Waals surface area (Å²) in [5, 5.41) is 7.51. The number of anilines is 1. The Balaban J connectivity index is 2.06. The summed E-state index contributed by atoms with van der Waals surface area (Å²) in [6.45, 7) is 0.841. The lowest BCUT2D eigenvalue weighted by atomic mass is 10.3. The van der Waals surface area contributed by atoms with Crippen LogP contribution in [0.1, 0.15) is 5.69 Å². The van der Waals surface area contributed by atoms with Gasteiger partial charge < -0.3 is 5.32 Å². The molecule has 1 aliphatic rings. The smallest absolute Gasteiger partial charge is 0.358 e. The summed E-state index contributed by atoms with van der Waals surface area (Å²) >= 11 is 0. The first-order valence-electron chi connectivity index (χ1n) is 5.99. The van der Waals surface area contributed by atoms with Crippen molar-refractivity contribution in [1.29, 1.82) is 0 Å². The zero-order valence-corrected chi connectivity index (χ0v) is 9.95. The Kier molecular flexibility index (Phi) is 1.96. The van der Waals surface area contributed by atoms with E-state index >= 15 is 0 Å². The Morgan fingerprint density at radius 1 is 1.21 bits per heavy atom. The van der Waals surface area contributed by atoms with Gasteiger partial charge in [0, 0.05) is 25.4 Å². The van der Waals surface area contributed by atoms with Crippen LogP contribution in [0.2, 0.25) is 0 Å². The van der Waals surface area contributed by atoms with Gasteiger partial charge in [-0.25, -0.2) is 19.2 Å². The number of hydrogen-bond donors (Lipinski definition) is 1. The van der Waals surface area contributed by atoms with E-state index in [0.29, 0.717) is 5.65 Å². The monoisotopic (exact) mass is 254 g/mol. The van der Waals surface area contributed by atoms with Gasteiger partial charge in [0.2, 0.25) is 0 Å². The number of nitrogens with zero attached hydrogens (tertiary/aromatic N) is 5. The first kappa shape index (κ1) is 10.2. The van der Waals surface area contributed by atoms with Crippen molar-refractivity contribution >= 4 is 11.3 Å². The molecule has 0 atom stereocenters. The maximum atomic E-state index is 12.4. The van der Waals surface area contributed by atoms with Crippen LogP contribution in [0.4, 0.5) is 5.69 Å². The molecule has 0 saturated carbocycles. The predicted molar refractivity (Wildman–Crippen MR) is 68.6 cm³/mol. The number of nitrogens with one attached hydrogen (secondary N) is 1. The summed E-state index contributed by atoms with van der Waals surface area (Å²) < 4.78 is 2.85. The third-order valence-corrected chi connectivity index (χ3v) is 3.20. The Bertz CT molecular complexity index is 819. The van der Waals surface area contributed by atoms with Crippen molar-refractivity contribution < 1.29 is 0 Å². The molecule has 0 fully saturated rings. The van der Waals surface area contributed by atoms with Gasteiger partial charge in [-0.05, 0) is 18.2 Å². The highest BCUT2D eigenvalue weighted by molar-refractivity contribution is 5.58. The highest BCUT2D eigenvalue weighted by Gasteiger charge is 2.18. The maximum absolute atomic E-state index is 12.4. The van der Waals surface area contributed by atoms with Crippen molar-refractivity contribution in [1.82, 2.24) is 24.1 Å². The molecule has 19 heavy (non-hydrogen) atoms. The zero-order chi connectivity index (χ0) is 12.8. The van der Waals surface area contributed by atoms with Crippen molar-refractivity contribution in [2.75, 3.05) is 11.9 Å². The second-order valence-electron chi connectivity index (χ2n) is 4.31. The van der Waals surface area contributed by atoms with Gasteiger partial charge in [-0.15, -0.1) is 9.78 Å². The van der Waals surface area contributed by atoms with E-state index in [9.17, 15) is 4.79 Å². The van der Waals surface area contributed by atoms with Gasteiger partial charge in [-0.3, -0.25) is 0 Å². The van der Waals surface area contributed by atoms with Crippen LogP contribution in [0, 0.1) is 0 Å². The van der Waals surface area contributed by atoms with Gasteiger partial charge in [0.25, 0.3) is 5.95 Å². The molecule has 0 bridgehead atoms. The molecule has 0 amide bonds. The van der Waals surface area contributed by atoms with Crippen LogP contribution in [-0.2, 0) is 6.42 Å². The standard InChI is InChI=1S/C12H10N6O/c19-12-17-9-4-7-13-8(9)2-3-10(17)16-18(12)11-14-5-1-6-15-11/h1-3,5-6,13H,4,7H2. The fraction of sp³-hybridized carbons (Fsp3) is 0.167. The molecule has 1 aliphatic heterocycles. The summed E-state index contributed by atoms with van der Waals surface area (Å²) in [4.78, 5) is 20.6. The Labute approximate surface area is 107 Å². The Hall–Kier alpha value is -2.70. The topological polar surface area (TPSA) is 77.1 Å². The minimum Gasteiger partial charge on any atom is -0.383 e. The molecule has 3 aromatic heterocycles. The first-order valence-corrected chi connectivity index (χ1v) is 5.99. The predicted octanol–water partition coefficient (Wildman–Crippen LogP) is 0.243. The number of rotatable bonds is 1. The molecule has 4 rings (SSSR count). The van der Waals surface area contributed by atoms with Crippen molar-refractivity contribution in [2.24, 2.45) is 0 Å². The summed E-state index contributed by atoms with van der Waals surface area (Å²) in [6.07, 6.45) is 3.99. The molecule has 0 aliphatic carbocycles. The van der Waals surface area contributed by atoms with E-state index < -0.39 is 0 Å². The van der Waals surface area contributed by atoms with Gasteiger partial charge in [0.15, 0.2) is 5.65 Å². The van der Waals surface area contributed by atoms with Crippen molar-refractivity contribution in [2.45, 2.75) is 6.42 Å². The highest BCUT2D eigenvalue weighted by Crippen LogP contribution is 2.21. The quantitative estimate of drug-likeness (QED) is 0.673. The van der Waals surface area contributed by atoms with Gasteiger partial charge in [-0.2, -0.15) is 0 Å². The van der Waals surface area contributed by atoms with E-state index in [0.717, 1.165) is 24.3 Å². The van der Waals surface area contributed by atoms with Crippen LogP contribution < -0.4 is 11.0 Å². The normalized spacial score (nSPS) is 13.5. The van der Waals surface area contributed by atoms with Crippen molar-refractivity contribution in [3.63, 3.8) is 0 Å². The summed E-state index contributed by atoms with van der Waals surface area (Å²) in [7, 11) is 0. The lowest BCUT2D eigenvalue weighted by Gasteiger charge is -1.99. The number of fused-ring (bicyclic) bond motifs is 3. The second kappa shape index (κ2) is 3.64. The molecule has 3 aromatic rings. The molecule has 0 unspecified atom stereocenters. The average Bonchev–Trinajstić information content (AvgIpc) is 3.04. The minimum atomic E-state index is -0.234. The van der Waals surface area contributed by atoms with E-state index in [1.807, 2.05) is 12.1 Å².